The summed E-state index contributed by atoms with van der Waals surface area (Å²) in [4.78, 5) is 27.9. The van der Waals surface area contributed by atoms with Gasteiger partial charge in [-0.1, -0.05) is 6.92 Å². The normalized spacial score (nSPS) is 27.9. The van der Waals surface area contributed by atoms with Gasteiger partial charge >= 0.3 is 0 Å². The maximum absolute atomic E-state index is 12.4. The van der Waals surface area contributed by atoms with Gasteiger partial charge in [-0.3, -0.25) is 9.59 Å². The van der Waals surface area contributed by atoms with Crippen molar-refractivity contribution in [3.05, 3.63) is 0 Å². The lowest BCUT2D eigenvalue weighted by Gasteiger charge is -2.27. The number of carbonyl (C=O) groups is 2. The third-order valence-corrected chi connectivity index (χ3v) is 4.50. The number of hydrogen-bond donors (Lipinski definition) is 1. The van der Waals surface area contributed by atoms with Crippen molar-refractivity contribution in [2.75, 3.05) is 24.7 Å². The number of carbonyl (C=O) groups excluding carboxylic acids is 2. The van der Waals surface area contributed by atoms with Crippen molar-refractivity contribution in [1.29, 1.82) is 0 Å². The molecule has 0 bridgehead atoms. The highest BCUT2D eigenvalue weighted by Crippen LogP contribution is 2.24. The third kappa shape index (κ3) is 2.80. The van der Waals surface area contributed by atoms with E-state index in [1.807, 2.05) is 11.8 Å². The highest BCUT2D eigenvalue weighted by Gasteiger charge is 2.38. The highest BCUT2D eigenvalue weighted by atomic mass is 32.2. The fourth-order valence-corrected chi connectivity index (χ4v) is 3.62. The van der Waals surface area contributed by atoms with Crippen LogP contribution in [-0.4, -0.2) is 58.4 Å². The summed E-state index contributed by atoms with van der Waals surface area (Å²) in [6, 6.07) is -0.165. The molecule has 0 aliphatic carbocycles. The van der Waals surface area contributed by atoms with Gasteiger partial charge in [-0.05, 0) is 12.8 Å². The largest absolute Gasteiger partial charge is 0.339 e. The minimum atomic E-state index is -0.264. The van der Waals surface area contributed by atoms with Crippen LogP contribution in [-0.2, 0) is 9.59 Å². The molecule has 102 valence electrons. The molecule has 0 radical (unpaired) electrons. The second-order valence-corrected chi connectivity index (χ2v) is 5.96. The van der Waals surface area contributed by atoms with E-state index in [2.05, 4.69) is 0 Å². The first-order valence-electron chi connectivity index (χ1n) is 6.55. The summed E-state index contributed by atoms with van der Waals surface area (Å²) in [7, 11) is 0. The molecule has 2 aliphatic heterocycles. The van der Waals surface area contributed by atoms with Crippen LogP contribution in [0.25, 0.3) is 0 Å². The Kier molecular flexibility index (Phi) is 4.50. The summed E-state index contributed by atoms with van der Waals surface area (Å²) in [5.41, 5.74) is 5.82. The monoisotopic (exact) mass is 271 g/mol. The Labute approximate surface area is 112 Å². The number of hydrogen-bond acceptors (Lipinski definition) is 4. The van der Waals surface area contributed by atoms with Gasteiger partial charge in [0, 0.05) is 31.3 Å². The number of rotatable bonds is 3. The fraction of sp³-hybridized carbons (Fsp3) is 0.833. The Hall–Kier alpha value is -0.750. The van der Waals surface area contributed by atoms with Crippen molar-refractivity contribution in [1.82, 2.24) is 9.80 Å². The van der Waals surface area contributed by atoms with E-state index < -0.39 is 0 Å². The van der Waals surface area contributed by atoms with Gasteiger partial charge in [-0.15, -0.1) is 11.8 Å². The number of nitrogens with two attached hydrogens (primary N) is 1. The Morgan fingerprint density at radius 1 is 1.44 bits per heavy atom. The van der Waals surface area contributed by atoms with Crippen LogP contribution in [0.1, 0.15) is 26.2 Å². The standard InChI is InChI=1S/C12H21N3O2S/c1-2-3-11(16)15-8-18-7-10(15)12(17)14-5-4-9(13)6-14/h9-10H,2-8,13H2,1H3/t9-,10?/m1/s1. The molecule has 2 saturated heterocycles. The summed E-state index contributed by atoms with van der Waals surface area (Å²) in [5.74, 6) is 1.55. The summed E-state index contributed by atoms with van der Waals surface area (Å²) in [6.07, 6.45) is 2.23. The molecule has 0 spiro atoms. The maximum atomic E-state index is 12.4. The van der Waals surface area contributed by atoms with E-state index in [0.29, 0.717) is 18.8 Å². The molecule has 0 saturated carbocycles. The Balaban J connectivity index is 1.98. The van der Waals surface area contributed by atoms with Crippen molar-refractivity contribution in [3.63, 3.8) is 0 Å². The van der Waals surface area contributed by atoms with Crippen molar-refractivity contribution in [2.45, 2.75) is 38.3 Å². The van der Waals surface area contributed by atoms with Crippen LogP contribution in [0, 0.1) is 0 Å². The van der Waals surface area contributed by atoms with Gasteiger partial charge in [0.25, 0.3) is 0 Å². The van der Waals surface area contributed by atoms with E-state index in [-0.39, 0.29) is 23.9 Å². The molecule has 6 heteroatoms. The molecule has 2 heterocycles. The average Bonchev–Trinajstić information content (AvgIpc) is 2.96. The Bertz CT molecular complexity index is 337. The highest BCUT2D eigenvalue weighted by molar-refractivity contribution is 7.99. The van der Waals surface area contributed by atoms with Crippen molar-refractivity contribution >= 4 is 23.6 Å². The zero-order valence-electron chi connectivity index (χ0n) is 10.8. The fourth-order valence-electron chi connectivity index (χ4n) is 2.45. The van der Waals surface area contributed by atoms with Crippen LogP contribution in [0.4, 0.5) is 0 Å². The van der Waals surface area contributed by atoms with Crippen LogP contribution < -0.4 is 5.73 Å². The van der Waals surface area contributed by atoms with Gasteiger partial charge in [-0.2, -0.15) is 0 Å². The van der Waals surface area contributed by atoms with Crippen LogP contribution in [0.3, 0.4) is 0 Å². The first-order valence-corrected chi connectivity index (χ1v) is 7.70. The van der Waals surface area contributed by atoms with E-state index in [1.54, 1.807) is 16.7 Å². The first-order chi connectivity index (χ1) is 8.63. The topological polar surface area (TPSA) is 66.6 Å². The molecule has 2 fully saturated rings. The summed E-state index contributed by atoms with van der Waals surface area (Å²) < 4.78 is 0. The number of thioether (sulfide) groups is 1. The van der Waals surface area contributed by atoms with Gasteiger partial charge in [0.2, 0.25) is 11.8 Å². The molecule has 0 aromatic heterocycles. The molecule has 0 aromatic rings. The molecule has 2 rings (SSSR count). The zero-order chi connectivity index (χ0) is 13.1. The number of nitrogens with zero attached hydrogens (tertiary/aromatic N) is 2. The molecule has 2 atom stereocenters. The third-order valence-electron chi connectivity index (χ3n) is 3.49. The molecular weight excluding hydrogens is 250 g/mol. The molecule has 2 aliphatic rings. The van der Waals surface area contributed by atoms with Crippen LogP contribution >= 0.6 is 11.8 Å². The van der Waals surface area contributed by atoms with Gasteiger partial charge in [0.1, 0.15) is 6.04 Å². The molecule has 1 unspecified atom stereocenters. The quantitative estimate of drug-likeness (QED) is 0.799. The first kappa shape index (κ1) is 13.7. The number of likely N-dealkylation sites (tertiary alicyclic amines) is 1. The lowest BCUT2D eigenvalue weighted by atomic mass is 10.2. The van der Waals surface area contributed by atoms with Crippen LogP contribution in [0.5, 0.6) is 0 Å². The summed E-state index contributed by atoms with van der Waals surface area (Å²) in [5, 5.41) is 0. The number of amides is 2. The summed E-state index contributed by atoms with van der Waals surface area (Å²) in [6.45, 7) is 3.35. The lowest BCUT2D eigenvalue weighted by Crippen LogP contribution is -2.48. The SMILES string of the molecule is CCCC(=O)N1CSCC1C(=O)N1CC[C@@H](N)C1. The average molecular weight is 271 g/mol. The summed E-state index contributed by atoms with van der Waals surface area (Å²) >= 11 is 1.66. The smallest absolute Gasteiger partial charge is 0.246 e. The van der Waals surface area contributed by atoms with Crippen LogP contribution in [0.15, 0.2) is 0 Å². The van der Waals surface area contributed by atoms with Gasteiger partial charge < -0.3 is 15.5 Å². The zero-order valence-corrected chi connectivity index (χ0v) is 11.6. The van der Waals surface area contributed by atoms with Crippen LogP contribution in [0.2, 0.25) is 0 Å². The lowest BCUT2D eigenvalue weighted by molar-refractivity contribution is -0.142. The molecular formula is C12H21N3O2S. The second kappa shape index (κ2) is 5.93. The van der Waals surface area contributed by atoms with E-state index in [9.17, 15) is 9.59 Å². The Morgan fingerprint density at radius 3 is 2.83 bits per heavy atom. The van der Waals surface area contributed by atoms with Crippen molar-refractivity contribution in [3.8, 4) is 0 Å². The minimum Gasteiger partial charge on any atom is -0.339 e. The van der Waals surface area contributed by atoms with E-state index in [0.717, 1.165) is 25.1 Å². The van der Waals surface area contributed by atoms with Gasteiger partial charge in [0.15, 0.2) is 0 Å². The van der Waals surface area contributed by atoms with Crippen molar-refractivity contribution in [2.24, 2.45) is 5.73 Å². The van der Waals surface area contributed by atoms with Crippen molar-refractivity contribution < 1.29 is 9.59 Å². The van der Waals surface area contributed by atoms with Gasteiger partial charge in [-0.25, -0.2) is 0 Å². The predicted octanol–water partition coefficient (Wildman–Crippen LogP) is 0.248. The molecule has 2 amide bonds. The van der Waals surface area contributed by atoms with E-state index >= 15 is 0 Å². The predicted molar refractivity (Wildman–Crippen MR) is 72.0 cm³/mol. The second-order valence-electron chi connectivity index (χ2n) is 4.96. The van der Waals surface area contributed by atoms with Gasteiger partial charge in [0.05, 0.1) is 5.88 Å². The van der Waals surface area contributed by atoms with E-state index in [1.165, 1.54) is 0 Å². The maximum Gasteiger partial charge on any atom is 0.246 e. The molecule has 2 N–H and O–H groups in total. The Morgan fingerprint density at radius 2 is 2.22 bits per heavy atom. The molecule has 18 heavy (non-hydrogen) atoms. The molecule has 0 aromatic carbocycles. The molecule has 5 nitrogen and oxygen atoms in total. The van der Waals surface area contributed by atoms with E-state index in [4.69, 9.17) is 5.73 Å². The minimum absolute atomic E-state index is 0.0809.